The van der Waals surface area contributed by atoms with Crippen molar-refractivity contribution in [3.63, 3.8) is 0 Å². The van der Waals surface area contributed by atoms with E-state index < -0.39 is 5.91 Å². The maximum Gasteiger partial charge on any atom is 0.270 e. The van der Waals surface area contributed by atoms with E-state index >= 15 is 0 Å². The minimum Gasteiger partial charge on any atom is -0.493 e. The quantitative estimate of drug-likeness (QED) is 0.256. The predicted molar refractivity (Wildman–Crippen MR) is 150 cm³/mol. The monoisotopic (exact) mass is 558 g/mol. The van der Waals surface area contributed by atoms with Crippen molar-refractivity contribution in [3.05, 3.63) is 86.7 Å². The molecular weight excluding hydrogens is 539 g/mol. The highest BCUT2D eigenvalue weighted by Crippen LogP contribution is 2.37. The number of hydrogen-bond donors (Lipinski definition) is 1. The van der Waals surface area contributed by atoms with Gasteiger partial charge in [0.15, 0.2) is 22.4 Å². The molecule has 3 aromatic carbocycles. The molecule has 0 bridgehead atoms. The Bertz CT molecular complexity index is 1380. The summed E-state index contributed by atoms with van der Waals surface area (Å²) in [6.45, 7) is 1.71. The van der Waals surface area contributed by atoms with Crippen molar-refractivity contribution in [2.45, 2.75) is 6.92 Å². The zero-order valence-electron chi connectivity index (χ0n) is 19.2. The molecule has 0 radical (unpaired) electrons. The zero-order valence-corrected chi connectivity index (χ0v) is 22.4. The topological polar surface area (TPSA) is 67.9 Å². The lowest BCUT2D eigenvalue weighted by Gasteiger charge is -2.14. The van der Waals surface area contributed by atoms with Crippen LogP contribution in [0.1, 0.15) is 11.1 Å². The van der Waals surface area contributed by atoms with Gasteiger partial charge in [-0.25, -0.2) is 0 Å². The van der Waals surface area contributed by atoms with Crippen molar-refractivity contribution in [2.24, 2.45) is 0 Å². The number of benzene rings is 3. The zero-order chi connectivity index (χ0) is 25.8. The largest absolute Gasteiger partial charge is 0.493 e. The number of anilines is 2. The van der Waals surface area contributed by atoms with Crippen LogP contribution in [0.4, 0.5) is 11.4 Å². The molecule has 184 valence electrons. The first-order valence-corrected chi connectivity index (χ1v) is 12.6. The Balaban J connectivity index is 1.45. The predicted octanol–water partition coefficient (Wildman–Crippen LogP) is 6.73. The van der Waals surface area contributed by atoms with Crippen LogP contribution in [0.5, 0.6) is 11.5 Å². The maximum atomic E-state index is 13.0. The van der Waals surface area contributed by atoms with Gasteiger partial charge < -0.3 is 14.8 Å². The van der Waals surface area contributed by atoms with Gasteiger partial charge in [-0.2, -0.15) is 0 Å². The van der Waals surface area contributed by atoms with Crippen LogP contribution >= 0.6 is 47.2 Å². The van der Waals surface area contributed by atoms with E-state index in [2.05, 4.69) is 5.32 Å². The number of methoxy groups -OCH3 is 1. The first kappa shape index (κ1) is 26.0. The minimum absolute atomic E-state index is 0.190. The van der Waals surface area contributed by atoms with Crippen molar-refractivity contribution in [3.8, 4) is 11.5 Å². The van der Waals surface area contributed by atoms with E-state index in [0.717, 1.165) is 16.8 Å². The van der Waals surface area contributed by atoms with E-state index in [9.17, 15) is 9.59 Å². The molecule has 0 atom stereocenters. The second-order valence-electron chi connectivity index (χ2n) is 7.70. The minimum atomic E-state index is -0.412. The Morgan fingerprint density at radius 2 is 1.86 bits per heavy atom. The van der Waals surface area contributed by atoms with Gasteiger partial charge in [0.05, 0.1) is 33.4 Å². The fourth-order valence-electron chi connectivity index (χ4n) is 3.36. The van der Waals surface area contributed by atoms with Gasteiger partial charge in [0.25, 0.3) is 11.8 Å². The van der Waals surface area contributed by atoms with Crippen molar-refractivity contribution >= 4 is 80.8 Å². The molecule has 1 aliphatic rings. The number of thioether (sulfide) groups is 1. The summed E-state index contributed by atoms with van der Waals surface area (Å²) in [4.78, 5) is 27.4. The van der Waals surface area contributed by atoms with E-state index in [1.54, 1.807) is 42.5 Å². The fraction of sp³-hybridized carbons (Fsp3) is 0.115. The van der Waals surface area contributed by atoms with Gasteiger partial charge in [-0.15, -0.1) is 0 Å². The van der Waals surface area contributed by atoms with Crippen molar-refractivity contribution in [1.29, 1.82) is 0 Å². The summed E-state index contributed by atoms with van der Waals surface area (Å²) in [6.07, 6.45) is 1.74. The number of aryl methyl sites for hydroxylation is 1. The third-order valence-corrected chi connectivity index (χ3v) is 7.28. The molecule has 6 nitrogen and oxygen atoms in total. The first-order valence-electron chi connectivity index (χ1n) is 10.7. The summed E-state index contributed by atoms with van der Waals surface area (Å²) in [7, 11) is 1.49. The summed E-state index contributed by atoms with van der Waals surface area (Å²) in [6, 6.07) is 17.7. The third-order valence-electron chi connectivity index (χ3n) is 5.16. The summed E-state index contributed by atoms with van der Waals surface area (Å²) in [5.74, 6) is 0.176. The van der Waals surface area contributed by atoms with Gasteiger partial charge in [-0.1, -0.05) is 77.0 Å². The molecule has 0 unspecified atom stereocenters. The number of ether oxygens (including phenoxy) is 2. The van der Waals surface area contributed by atoms with E-state index in [0.29, 0.717) is 31.4 Å². The highest BCUT2D eigenvalue weighted by Gasteiger charge is 2.33. The molecule has 0 spiro atoms. The van der Waals surface area contributed by atoms with Gasteiger partial charge in [-0.05, 0) is 55.0 Å². The molecule has 3 aromatic rings. The van der Waals surface area contributed by atoms with Crippen molar-refractivity contribution in [2.75, 3.05) is 23.9 Å². The Labute approximate surface area is 228 Å². The van der Waals surface area contributed by atoms with Gasteiger partial charge in [0.2, 0.25) is 0 Å². The summed E-state index contributed by atoms with van der Waals surface area (Å²) >= 11 is 18.8. The summed E-state index contributed by atoms with van der Waals surface area (Å²) in [5.41, 5.74) is 2.94. The first-order chi connectivity index (χ1) is 17.3. The van der Waals surface area contributed by atoms with Crippen LogP contribution in [0.2, 0.25) is 10.0 Å². The molecule has 36 heavy (non-hydrogen) atoms. The number of rotatable bonds is 7. The van der Waals surface area contributed by atoms with Gasteiger partial charge in [0, 0.05) is 0 Å². The van der Waals surface area contributed by atoms with E-state index in [1.807, 2.05) is 31.2 Å². The molecule has 0 aliphatic carbocycles. The maximum absolute atomic E-state index is 13.0. The van der Waals surface area contributed by atoms with Gasteiger partial charge in [0.1, 0.15) is 0 Å². The number of hydrogen-bond acceptors (Lipinski definition) is 6. The highest BCUT2D eigenvalue weighted by atomic mass is 35.5. The van der Waals surface area contributed by atoms with Crippen LogP contribution in [0.25, 0.3) is 6.08 Å². The lowest BCUT2D eigenvalue weighted by atomic mass is 10.1. The molecule has 0 saturated carbocycles. The second-order valence-corrected chi connectivity index (χ2v) is 10.2. The number of carbonyl (C=O) groups excluding carboxylic acids is 2. The molecule has 0 aromatic heterocycles. The lowest BCUT2D eigenvalue weighted by molar-refractivity contribution is -0.118. The summed E-state index contributed by atoms with van der Waals surface area (Å²) in [5, 5.41) is 3.25. The molecule has 1 fully saturated rings. The molecule has 4 rings (SSSR count). The van der Waals surface area contributed by atoms with Crippen LogP contribution in [-0.4, -0.2) is 29.9 Å². The number of amides is 2. The number of nitrogens with one attached hydrogen (secondary N) is 1. The van der Waals surface area contributed by atoms with Crippen molar-refractivity contribution < 1.29 is 19.1 Å². The molecule has 10 heteroatoms. The smallest absolute Gasteiger partial charge is 0.270 e. The molecule has 1 saturated heterocycles. The fourth-order valence-corrected chi connectivity index (χ4v) is 5.01. The molecule has 1 N–H and O–H groups in total. The Hall–Kier alpha value is -3.04. The van der Waals surface area contributed by atoms with Crippen LogP contribution in [0, 0.1) is 6.92 Å². The SMILES string of the molecule is COc1cc(/C=C2\SC(=S)N(c3ccc(C)cc3)C2=O)ccc1OCC(=O)Nc1cccc(Cl)c1Cl. The number of carbonyl (C=O) groups is 2. The third kappa shape index (κ3) is 5.84. The van der Waals surface area contributed by atoms with Gasteiger partial charge >= 0.3 is 0 Å². The molecule has 1 aliphatic heterocycles. The van der Waals surface area contributed by atoms with E-state index in [1.165, 1.54) is 23.8 Å². The second kappa shape index (κ2) is 11.3. The van der Waals surface area contributed by atoms with Gasteiger partial charge in [-0.3, -0.25) is 14.5 Å². The molecular formula is C26H20Cl2N2O4S2. The van der Waals surface area contributed by atoms with Crippen LogP contribution in [0.3, 0.4) is 0 Å². The highest BCUT2D eigenvalue weighted by molar-refractivity contribution is 8.27. The molecule has 1 heterocycles. The Morgan fingerprint density at radius 3 is 2.58 bits per heavy atom. The van der Waals surface area contributed by atoms with E-state index in [-0.39, 0.29) is 17.5 Å². The standard InChI is InChI=1S/C26H20Cl2N2O4S2/c1-15-6-9-17(10-7-15)30-25(32)22(36-26(30)35)13-16-8-11-20(21(12-16)33-2)34-14-23(31)29-19-5-3-4-18(27)24(19)28/h3-13H,14H2,1-2H3,(H,29,31)/b22-13-. The Kier molecular flexibility index (Phi) is 8.21. The van der Waals surface area contributed by atoms with Crippen LogP contribution in [0.15, 0.2) is 65.6 Å². The normalized spacial score (nSPS) is 14.3. The number of halogens is 2. The molecule has 2 amide bonds. The average molecular weight is 559 g/mol. The average Bonchev–Trinajstić information content (AvgIpc) is 3.14. The Morgan fingerprint density at radius 1 is 1.11 bits per heavy atom. The van der Waals surface area contributed by atoms with Crippen molar-refractivity contribution in [1.82, 2.24) is 0 Å². The lowest BCUT2D eigenvalue weighted by Crippen LogP contribution is -2.27. The van der Waals surface area contributed by atoms with E-state index in [4.69, 9.17) is 44.9 Å². The number of thiocarbonyl (C=S) groups is 1. The van der Waals surface area contributed by atoms with Crippen LogP contribution in [-0.2, 0) is 9.59 Å². The number of nitrogens with zero attached hydrogens (tertiary/aromatic N) is 1. The summed E-state index contributed by atoms with van der Waals surface area (Å²) < 4.78 is 11.5. The van der Waals surface area contributed by atoms with Crippen LogP contribution < -0.4 is 19.7 Å².